The summed E-state index contributed by atoms with van der Waals surface area (Å²) in [6.45, 7) is 6.35. The van der Waals surface area contributed by atoms with Crippen LogP contribution in [0.5, 0.6) is 0 Å². The van der Waals surface area contributed by atoms with E-state index in [-0.39, 0.29) is 17.2 Å². The summed E-state index contributed by atoms with van der Waals surface area (Å²) >= 11 is 0. The zero-order valence-electron chi connectivity index (χ0n) is 12.9. The lowest BCUT2D eigenvalue weighted by Gasteiger charge is -2.20. The maximum atomic E-state index is 12.5. The molecule has 0 spiro atoms. The first-order valence-corrected chi connectivity index (χ1v) is 7.18. The number of hydrogen-bond donors (Lipinski definition) is 1. The second kappa shape index (κ2) is 4.70. The number of nitrogens with two attached hydrogens (primary N) is 1. The van der Waals surface area contributed by atoms with Crippen molar-refractivity contribution < 1.29 is 9.59 Å². The van der Waals surface area contributed by atoms with Gasteiger partial charge in [0.25, 0.3) is 11.8 Å². The topological polar surface area (TPSA) is 63.4 Å². The number of rotatable bonds is 1. The molecule has 1 aliphatic rings. The van der Waals surface area contributed by atoms with Gasteiger partial charge in [0.2, 0.25) is 0 Å². The molecule has 2 N–H and O–H groups in total. The van der Waals surface area contributed by atoms with Gasteiger partial charge in [0.05, 0.1) is 16.8 Å². The summed E-state index contributed by atoms with van der Waals surface area (Å²) in [5.74, 6) is -0.683. The molecule has 1 aliphatic heterocycles. The zero-order valence-corrected chi connectivity index (χ0v) is 12.9. The molecule has 2 aromatic rings. The summed E-state index contributed by atoms with van der Waals surface area (Å²) in [7, 11) is 0. The molecule has 2 aromatic carbocycles. The molecule has 0 saturated heterocycles. The molecule has 4 heteroatoms. The van der Waals surface area contributed by atoms with Crippen molar-refractivity contribution in [1.82, 2.24) is 0 Å². The minimum absolute atomic E-state index is 0.0188. The maximum absolute atomic E-state index is 12.5. The van der Waals surface area contributed by atoms with E-state index in [4.69, 9.17) is 5.73 Å². The Morgan fingerprint density at radius 1 is 0.909 bits per heavy atom. The molecule has 0 aromatic heterocycles. The molecule has 0 bridgehead atoms. The first-order valence-electron chi connectivity index (χ1n) is 7.18. The van der Waals surface area contributed by atoms with Crippen LogP contribution >= 0.6 is 0 Å². The standard InChI is InChI=1S/C18H18N2O2/c1-18(2,3)11-7-9-12(10-8-11)20-16(21)13-5-4-6-14(19)15(13)17(20)22/h4-10H,19H2,1-3H3. The molecule has 0 aliphatic carbocycles. The number of anilines is 2. The SMILES string of the molecule is CC(C)(C)c1ccc(N2C(=O)c3cccc(N)c3C2=O)cc1. The summed E-state index contributed by atoms with van der Waals surface area (Å²) in [4.78, 5) is 26.2. The number of amides is 2. The predicted molar refractivity (Wildman–Crippen MR) is 87.1 cm³/mol. The van der Waals surface area contributed by atoms with Crippen molar-refractivity contribution in [3.8, 4) is 0 Å². The fraction of sp³-hybridized carbons (Fsp3) is 0.222. The molecular weight excluding hydrogens is 276 g/mol. The number of carbonyl (C=O) groups excluding carboxylic acids is 2. The Morgan fingerprint density at radius 3 is 2.09 bits per heavy atom. The van der Waals surface area contributed by atoms with Gasteiger partial charge in [-0.1, -0.05) is 39.0 Å². The molecule has 0 atom stereocenters. The molecule has 1 heterocycles. The van der Waals surface area contributed by atoms with Crippen molar-refractivity contribution >= 4 is 23.2 Å². The molecule has 0 unspecified atom stereocenters. The fourth-order valence-electron chi connectivity index (χ4n) is 2.66. The van der Waals surface area contributed by atoms with Crippen LogP contribution < -0.4 is 10.6 Å². The van der Waals surface area contributed by atoms with E-state index in [0.717, 1.165) is 5.56 Å². The molecule has 3 rings (SSSR count). The maximum Gasteiger partial charge on any atom is 0.268 e. The van der Waals surface area contributed by atoms with E-state index in [9.17, 15) is 9.59 Å². The highest BCUT2D eigenvalue weighted by Crippen LogP contribution is 2.32. The third kappa shape index (κ3) is 2.08. The van der Waals surface area contributed by atoms with Gasteiger partial charge in [0.1, 0.15) is 0 Å². The number of hydrogen-bond acceptors (Lipinski definition) is 3. The Kier molecular flexibility index (Phi) is 3.06. The predicted octanol–water partition coefficient (Wildman–Crippen LogP) is 3.37. The smallest absolute Gasteiger partial charge is 0.268 e. The summed E-state index contributed by atoms with van der Waals surface area (Å²) in [6.07, 6.45) is 0. The number of imide groups is 1. The second-order valence-electron chi connectivity index (χ2n) is 6.51. The highest BCUT2D eigenvalue weighted by molar-refractivity contribution is 6.35. The molecule has 0 fully saturated rings. The van der Waals surface area contributed by atoms with E-state index >= 15 is 0 Å². The Bertz CT molecular complexity index is 771. The van der Waals surface area contributed by atoms with Crippen molar-refractivity contribution in [2.45, 2.75) is 26.2 Å². The molecule has 4 nitrogen and oxygen atoms in total. The van der Waals surface area contributed by atoms with Crippen LogP contribution in [-0.4, -0.2) is 11.8 Å². The van der Waals surface area contributed by atoms with E-state index < -0.39 is 0 Å². The Balaban J connectivity index is 2.03. The van der Waals surface area contributed by atoms with Gasteiger partial charge in [-0.2, -0.15) is 0 Å². The van der Waals surface area contributed by atoms with Crippen LogP contribution in [0.4, 0.5) is 11.4 Å². The van der Waals surface area contributed by atoms with Crippen LogP contribution in [-0.2, 0) is 5.41 Å². The third-order valence-corrected chi connectivity index (χ3v) is 3.94. The quantitative estimate of drug-likeness (QED) is 0.648. The third-order valence-electron chi connectivity index (χ3n) is 3.94. The second-order valence-corrected chi connectivity index (χ2v) is 6.51. The fourth-order valence-corrected chi connectivity index (χ4v) is 2.66. The first-order chi connectivity index (χ1) is 10.3. The van der Waals surface area contributed by atoms with Crippen molar-refractivity contribution in [1.29, 1.82) is 0 Å². The molecular formula is C18H18N2O2. The van der Waals surface area contributed by atoms with Gasteiger partial charge in [-0.05, 0) is 35.2 Å². The van der Waals surface area contributed by atoms with Crippen LogP contribution in [0.25, 0.3) is 0 Å². The van der Waals surface area contributed by atoms with Gasteiger partial charge in [0, 0.05) is 5.69 Å². The molecule has 112 valence electrons. The summed E-state index contributed by atoms with van der Waals surface area (Å²) in [5.41, 5.74) is 8.58. The summed E-state index contributed by atoms with van der Waals surface area (Å²) in [6, 6.07) is 12.5. The molecule has 22 heavy (non-hydrogen) atoms. The lowest BCUT2D eigenvalue weighted by atomic mass is 9.87. The van der Waals surface area contributed by atoms with Crippen molar-refractivity contribution in [3.05, 3.63) is 59.2 Å². The van der Waals surface area contributed by atoms with Gasteiger partial charge in [-0.3, -0.25) is 9.59 Å². The normalized spacial score (nSPS) is 14.4. The van der Waals surface area contributed by atoms with Crippen molar-refractivity contribution in [2.24, 2.45) is 0 Å². The molecule has 0 radical (unpaired) electrons. The van der Waals surface area contributed by atoms with Crippen LogP contribution in [0, 0.1) is 0 Å². The van der Waals surface area contributed by atoms with E-state index in [1.807, 2.05) is 12.1 Å². The Hall–Kier alpha value is -2.62. The number of nitrogen functional groups attached to an aromatic ring is 1. The van der Waals surface area contributed by atoms with Crippen LogP contribution in [0.3, 0.4) is 0 Å². The Labute approximate surface area is 129 Å². The minimum Gasteiger partial charge on any atom is -0.398 e. The minimum atomic E-state index is -0.360. The van der Waals surface area contributed by atoms with Crippen molar-refractivity contribution in [3.63, 3.8) is 0 Å². The van der Waals surface area contributed by atoms with E-state index in [0.29, 0.717) is 22.5 Å². The van der Waals surface area contributed by atoms with Gasteiger partial charge in [-0.25, -0.2) is 4.90 Å². The average molecular weight is 294 g/mol. The monoisotopic (exact) mass is 294 g/mol. The zero-order chi connectivity index (χ0) is 16.1. The largest absolute Gasteiger partial charge is 0.398 e. The number of benzene rings is 2. The van der Waals surface area contributed by atoms with Gasteiger partial charge in [0.15, 0.2) is 0 Å². The van der Waals surface area contributed by atoms with E-state index in [1.54, 1.807) is 30.3 Å². The number of nitrogens with zero attached hydrogens (tertiary/aromatic N) is 1. The first kappa shape index (κ1) is 14.3. The van der Waals surface area contributed by atoms with E-state index in [1.165, 1.54) is 4.90 Å². The lowest BCUT2D eigenvalue weighted by molar-refractivity contribution is 0.0926. The van der Waals surface area contributed by atoms with Crippen LogP contribution in [0.15, 0.2) is 42.5 Å². The van der Waals surface area contributed by atoms with Crippen LogP contribution in [0.2, 0.25) is 0 Å². The summed E-state index contributed by atoms with van der Waals surface area (Å²) < 4.78 is 0. The van der Waals surface area contributed by atoms with Gasteiger partial charge >= 0.3 is 0 Å². The summed E-state index contributed by atoms with van der Waals surface area (Å²) in [5, 5.41) is 0. The van der Waals surface area contributed by atoms with Gasteiger partial charge < -0.3 is 5.73 Å². The highest BCUT2D eigenvalue weighted by atomic mass is 16.2. The molecule has 2 amide bonds. The van der Waals surface area contributed by atoms with E-state index in [2.05, 4.69) is 20.8 Å². The number of fused-ring (bicyclic) bond motifs is 1. The average Bonchev–Trinajstić information content (AvgIpc) is 2.71. The van der Waals surface area contributed by atoms with Crippen LogP contribution in [0.1, 0.15) is 47.1 Å². The van der Waals surface area contributed by atoms with Crippen molar-refractivity contribution in [2.75, 3.05) is 10.6 Å². The lowest BCUT2D eigenvalue weighted by Crippen LogP contribution is -2.29. The Morgan fingerprint density at radius 2 is 1.55 bits per heavy atom. The highest BCUT2D eigenvalue weighted by Gasteiger charge is 2.38. The molecule has 0 saturated carbocycles. The number of carbonyl (C=O) groups is 2. The van der Waals surface area contributed by atoms with Gasteiger partial charge in [-0.15, -0.1) is 0 Å².